The van der Waals surface area contributed by atoms with Crippen molar-refractivity contribution in [1.82, 2.24) is 0 Å². The van der Waals surface area contributed by atoms with Crippen molar-refractivity contribution in [2.24, 2.45) is 11.8 Å². The first-order valence-electron chi connectivity index (χ1n) is 8.36. The van der Waals surface area contributed by atoms with Crippen LogP contribution in [-0.4, -0.2) is 40.2 Å². The van der Waals surface area contributed by atoms with Gasteiger partial charge < -0.3 is 20.1 Å². The van der Waals surface area contributed by atoms with E-state index in [0.717, 1.165) is 12.1 Å². The van der Waals surface area contributed by atoms with Crippen molar-refractivity contribution in [2.45, 2.75) is 37.3 Å². The molecule has 0 radical (unpaired) electrons. The summed E-state index contributed by atoms with van der Waals surface area (Å²) in [6, 6.07) is 4.42. The van der Waals surface area contributed by atoms with Crippen molar-refractivity contribution < 1.29 is 33.2 Å². The summed E-state index contributed by atoms with van der Waals surface area (Å²) in [7, 11) is 0. The molecular weight excluding hydrogens is 349 g/mol. The second-order valence-electron chi connectivity index (χ2n) is 6.42. The average molecular weight is 372 g/mol. The van der Waals surface area contributed by atoms with Gasteiger partial charge in [0.05, 0.1) is 17.8 Å². The summed E-state index contributed by atoms with van der Waals surface area (Å²) in [6.07, 6.45) is -1.38. The van der Waals surface area contributed by atoms with Gasteiger partial charge in [-0.3, -0.25) is 0 Å². The number of ether oxygens (including phenoxy) is 1. The first kappa shape index (κ1) is 20.5. The fraction of sp³-hybridized carbons (Fsp3) is 0.474. The van der Waals surface area contributed by atoms with Gasteiger partial charge in [0.2, 0.25) is 0 Å². The fourth-order valence-corrected chi connectivity index (χ4v) is 3.15. The quantitative estimate of drug-likeness (QED) is 0.644. The minimum atomic E-state index is -4.46. The van der Waals surface area contributed by atoms with Gasteiger partial charge in [0.25, 0.3) is 0 Å². The largest absolute Gasteiger partial charge is 0.491 e. The predicted octanol–water partition coefficient (Wildman–Crippen LogP) is 2.94. The number of alkyl halides is 3. The smallest absolute Gasteiger partial charge is 0.416 e. The van der Waals surface area contributed by atoms with E-state index in [1.165, 1.54) is 18.2 Å². The topological polar surface area (TPSA) is 69.9 Å². The van der Waals surface area contributed by atoms with Crippen molar-refractivity contribution >= 4 is 0 Å². The Balaban J connectivity index is 1.93. The molecular formula is C19H23F3O4. The second-order valence-corrected chi connectivity index (χ2v) is 6.42. The molecule has 1 aliphatic rings. The van der Waals surface area contributed by atoms with E-state index in [4.69, 9.17) is 4.74 Å². The Hall–Kier alpha value is -1.83. The number of hydrogen-bond acceptors (Lipinski definition) is 4. The van der Waals surface area contributed by atoms with E-state index in [-0.39, 0.29) is 30.6 Å². The van der Waals surface area contributed by atoms with Crippen LogP contribution in [0.1, 0.15) is 18.4 Å². The third-order valence-corrected chi connectivity index (χ3v) is 4.49. The maximum absolute atomic E-state index is 12.7. The lowest BCUT2D eigenvalue weighted by Gasteiger charge is -2.19. The highest BCUT2D eigenvalue weighted by Gasteiger charge is 2.39. The molecule has 0 unspecified atom stereocenters. The Morgan fingerprint density at radius 2 is 2.00 bits per heavy atom. The maximum atomic E-state index is 12.7. The third kappa shape index (κ3) is 5.33. The first-order valence-corrected chi connectivity index (χ1v) is 8.36. The molecule has 1 fully saturated rings. The van der Waals surface area contributed by atoms with Crippen LogP contribution in [0.15, 0.2) is 49.1 Å². The van der Waals surface area contributed by atoms with E-state index < -0.39 is 30.1 Å². The molecule has 4 nitrogen and oxygen atoms in total. The Morgan fingerprint density at radius 3 is 2.65 bits per heavy atom. The van der Waals surface area contributed by atoms with Gasteiger partial charge in [0, 0.05) is 12.3 Å². The predicted molar refractivity (Wildman–Crippen MR) is 90.5 cm³/mol. The normalized spacial score (nSPS) is 27.6. The summed E-state index contributed by atoms with van der Waals surface area (Å²) in [4.78, 5) is 0. The molecule has 0 aliphatic heterocycles. The van der Waals surface area contributed by atoms with Crippen LogP contribution in [0, 0.1) is 11.8 Å². The SMILES string of the molecule is C=CC[C@@H]1[C@@H](/C=C/[C@@H](O)COc2cccc(C(F)(F)F)c2)[C@H](O)C[C@@H]1O. The monoisotopic (exact) mass is 372 g/mol. The van der Waals surface area contributed by atoms with E-state index in [1.54, 1.807) is 12.2 Å². The molecule has 0 saturated heterocycles. The number of rotatable bonds is 7. The van der Waals surface area contributed by atoms with E-state index >= 15 is 0 Å². The van der Waals surface area contributed by atoms with Gasteiger partial charge in [-0.1, -0.05) is 24.3 Å². The number of hydrogen-bond donors (Lipinski definition) is 3. The van der Waals surface area contributed by atoms with Crippen LogP contribution >= 0.6 is 0 Å². The summed E-state index contributed by atoms with van der Waals surface area (Å²) < 4.78 is 43.2. The van der Waals surface area contributed by atoms with Gasteiger partial charge in [-0.15, -0.1) is 6.58 Å². The zero-order valence-electron chi connectivity index (χ0n) is 14.1. The number of halogens is 3. The van der Waals surface area contributed by atoms with Gasteiger partial charge in [-0.2, -0.15) is 13.2 Å². The highest BCUT2D eigenvalue weighted by Crippen LogP contribution is 2.36. The number of benzene rings is 1. The maximum Gasteiger partial charge on any atom is 0.416 e. The van der Waals surface area contributed by atoms with Crippen LogP contribution in [0.3, 0.4) is 0 Å². The summed E-state index contributed by atoms with van der Waals surface area (Å²) in [5, 5.41) is 29.9. The second kappa shape index (κ2) is 8.70. The van der Waals surface area contributed by atoms with Gasteiger partial charge in [-0.25, -0.2) is 0 Å². The van der Waals surface area contributed by atoms with Crippen LogP contribution in [0.5, 0.6) is 5.75 Å². The van der Waals surface area contributed by atoms with Crippen molar-refractivity contribution in [1.29, 1.82) is 0 Å². The highest BCUT2D eigenvalue weighted by atomic mass is 19.4. The Labute approximate surface area is 150 Å². The molecule has 7 heteroatoms. The van der Waals surface area contributed by atoms with E-state index in [1.807, 2.05) is 0 Å². The molecule has 0 spiro atoms. The molecule has 0 bridgehead atoms. The van der Waals surface area contributed by atoms with Crippen LogP contribution in [-0.2, 0) is 6.18 Å². The average Bonchev–Trinajstić information content (AvgIpc) is 2.84. The van der Waals surface area contributed by atoms with Crippen LogP contribution in [0.2, 0.25) is 0 Å². The van der Waals surface area contributed by atoms with E-state index in [9.17, 15) is 28.5 Å². The number of aliphatic hydroxyl groups excluding tert-OH is 3. The minimum absolute atomic E-state index is 0.00753. The van der Waals surface area contributed by atoms with Crippen molar-refractivity contribution in [3.05, 3.63) is 54.6 Å². The Kier molecular flexibility index (Phi) is 6.86. The Morgan fingerprint density at radius 1 is 1.27 bits per heavy atom. The molecule has 5 atom stereocenters. The summed E-state index contributed by atoms with van der Waals surface area (Å²) in [5.74, 6) is -0.505. The standard InChI is InChI=1S/C19H23F3O4/c1-2-4-15-16(18(25)10-17(15)24)8-7-13(23)11-26-14-6-3-5-12(9-14)19(20,21)22/h2-3,5-9,13,15-18,23-25H,1,4,10-11H2/b8-7+/t13-,15-,16-,17+,18-/m1/s1. The molecule has 1 aliphatic carbocycles. The molecule has 0 heterocycles. The van der Waals surface area contributed by atoms with E-state index in [0.29, 0.717) is 6.42 Å². The van der Waals surface area contributed by atoms with Crippen LogP contribution < -0.4 is 4.74 Å². The molecule has 0 amide bonds. The molecule has 0 aromatic heterocycles. The van der Waals surface area contributed by atoms with Gasteiger partial charge in [0.15, 0.2) is 0 Å². The van der Waals surface area contributed by atoms with Gasteiger partial charge in [0.1, 0.15) is 18.5 Å². The zero-order valence-corrected chi connectivity index (χ0v) is 14.1. The highest BCUT2D eigenvalue weighted by molar-refractivity contribution is 5.30. The van der Waals surface area contributed by atoms with E-state index in [2.05, 4.69) is 6.58 Å². The lowest BCUT2D eigenvalue weighted by atomic mass is 9.90. The first-order chi connectivity index (χ1) is 12.2. The summed E-state index contributed by atoms with van der Waals surface area (Å²) >= 11 is 0. The molecule has 1 aromatic carbocycles. The fourth-order valence-electron chi connectivity index (χ4n) is 3.15. The molecule has 2 rings (SSSR count). The lowest BCUT2D eigenvalue weighted by molar-refractivity contribution is -0.137. The van der Waals surface area contributed by atoms with Gasteiger partial charge in [-0.05, 0) is 30.5 Å². The molecule has 1 saturated carbocycles. The minimum Gasteiger partial charge on any atom is -0.491 e. The van der Waals surface area contributed by atoms with Crippen molar-refractivity contribution in [3.63, 3.8) is 0 Å². The zero-order chi connectivity index (χ0) is 19.3. The summed E-state index contributed by atoms with van der Waals surface area (Å²) in [5.41, 5.74) is -0.824. The van der Waals surface area contributed by atoms with Crippen LogP contribution in [0.25, 0.3) is 0 Å². The lowest BCUT2D eigenvalue weighted by Crippen LogP contribution is -2.21. The molecule has 3 N–H and O–H groups in total. The number of allylic oxidation sites excluding steroid dienone is 1. The van der Waals surface area contributed by atoms with Crippen molar-refractivity contribution in [3.8, 4) is 5.75 Å². The molecule has 26 heavy (non-hydrogen) atoms. The molecule has 144 valence electrons. The number of aliphatic hydroxyl groups is 3. The van der Waals surface area contributed by atoms with Gasteiger partial charge >= 0.3 is 6.18 Å². The summed E-state index contributed by atoms with van der Waals surface area (Å²) in [6.45, 7) is 3.41. The Bertz CT molecular complexity index is 629. The third-order valence-electron chi connectivity index (χ3n) is 4.49. The van der Waals surface area contributed by atoms with Crippen molar-refractivity contribution in [2.75, 3.05) is 6.61 Å². The molecule has 1 aromatic rings. The van der Waals surface area contributed by atoms with Crippen LogP contribution in [0.4, 0.5) is 13.2 Å².